The Balaban J connectivity index is 2.99. The third-order valence-electron chi connectivity index (χ3n) is 2.62. The molecular formula is C10H16N2O3. The van der Waals surface area contributed by atoms with Gasteiger partial charge in [-0.05, 0) is 12.5 Å². The van der Waals surface area contributed by atoms with Crippen molar-refractivity contribution in [3.63, 3.8) is 0 Å². The molecule has 1 aromatic rings. The fraction of sp³-hybridized carbons (Fsp3) is 0.600. The van der Waals surface area contributed by atoms with E-state index in [1.54, 1.807) is 30.9 Å². The summed E-state index contributed by atoms with van der Waals surface area (Å²) in [4.78, 5) is 10.7. The number of rotatable bonds is 4. The summed E-state index contributed by atoms with van der Waals surface area (Å²) in [6, 6.07) is 0. The number of carboxylic acids is 1. The van der Waals surface area contributed by atoms with Crippen LogP contribution < -0.4 is 0 Å². The third kappa shape index (κ3) is 2.18. The highest BCUT2D eigenvalue weighted by Crippen LogP contribution is 2.26. The lowest BCUT2D eigenvalue weighted by Gasteiger charge is -2.26. The van der Waals surface area contributed by atoms with E-state index in [4.69, 9.17) is 5.11 Å². The molecule has 1 heterocycles. The van der Waals surface area contributed by atoms with Crippen molar-refractivity contribution >= 4 is 5.97 Å². The maximum atomic E-state index is 10.7. The Morgan fingerprint density at radius 3 is 2.67 bits per heavy atom. The molecule has 2 N–H and O–H groups in total. The Hall–Kier alpha value is -1.36. The number of aryl methyl sites for hydroxylation is 1. The predicted octanol–water partition coefficient (Wildman–Crippen LogP) is 0.626. The van der Waals surface area contributed by atoms with Gasteiger partial charge in [0.1, 0.15) is 0 Å². The molecule has 84 valence electrons. The first kappa shape index (κ1) is 11.7. The molecule has 1 unspecified atom stereocenters. The summed E-state index contributed by atoms with van der Waals surface area (Å²) in [5.74, 6) is -1.22. The number of carboxylic acid groups (broad SMARTS) is 1. The quantitative estimate of drug-likeness (QED) is 0.767. The molecule has 0 radical (unpaired) electrons. The third-order valence-corrected chi connectivity index (χ3v) is 2.62. The highest BCUT2D eigenvalue weighted by Gasteiger charge is 2.36. The van der Waals surface area contributed by atoms with Gasteiger partial charge in [0.2, 0.25) is 0 Å². The van der Waals surface area contributed by atoms with Crippen molar-refractivity contribution < 1.29 is 15.0 Å². The van der Waals surface area contributed by atoms with Gasteiger partial charge in [-0.2, -0.15) is 5.10 Å². The summed E-state index contributed by atoms with van der Waals surface area (Å²) in [5.41, 5.74) is -0.113. The predicted molar refractivity (Wildman–Crippen MR) is 54.6 cm³/mol. The highest BCUT2D eigenvalue weighted by atomic mass is 16.4. The molecule has 15 heavy (non-hydrogen) atoms. The summed E-state index contributed by atoms with van der Waals surface area (Å²) in [6.45, 7) is 6.03. The minimum atomic E-state index is -1.42. The number of hydrogen-bond donors (Lipinski definition) is 2. The van der Waals surface area contributed by atoms with Crippen LogP contribution in [0.1, 0.15) is 26.3 Å². The molecule has 5 nitrogen and oxygen atoms in total. The summed E-state index contributed by atoms with van der Waals surface area (Å²) in [5, 5.41) is 22.4. The molecule has 0 spiro atoms. The van der Waals surface area contributed by atoms with Gasteiger partial charge in [0.05, 0.1) is 6.20 Å². The molecule has 0 fully saturated rings. The maximum Gasteiger partial charge on any atom is 0.333 e. The first-order valence-electron chi connectivity index (χ1n) is 4.83. The van der Waals surface area contributed by atoms with Crippen LogP contribution in [0.5, 0.6) is 0 Å². The van der Waals surface area contributed by atoms with Gasteiger partial charge in [-0.25, -0.2) is 4.79 Å². The van der Waals surface area contributed by atoms with E-state index in [1.165, 1.54) is 0 Å². The van der Waals surface area contributed by atoms with Crippen LogP contribution in [-0.2, 0) is 16.8 Å². The minimum absolute atomic E-state index is 0.721. The second kappa shape index (κ2) is 4.02. The van der Waals surface area contributed by atoms with Crippen molar-refractivity contribution in [2.45, 2.75) is 38.8 Å². The van der Waals surface area contributed by atoms with Gasteiger partial charge in [-0.1, -0.05) is 13.8 Å². The van der Waals surface area contributed by atoms with Gasteiger partial charge in [-0.15, -0.1) is 0 Å². The summed E-state index contributed by atoms with van der Waals surface area (Å²) >= 11 is 0. The zero-order valence-electron chi connectivity index (χ0n) is 9.14. The van der Waals surface area contributed by atoms with Gasteiger partial charge in [-0.3, -0.25) is 4.68 Å². The molecule has 0 bridgehead atoms. The first-order chi connectivity index (χ1) is 6.89. The van der Waals surface area contributed by atoms with Gasteiger partial charge in [0.15, 0.2) is 6.10 Å². The molecule has 0 aliphatic rings. The average molecular weight is 212 g/mol. The van der Waals surface area contributed by atoms with Crippen molar-refractivity contribution in [1.29, 1.82) is 0 Å². The Bertz CT molecular complexity index is 357. The van der Waals surface area contributed by atoms with Crippen LogP contribution in [0.4, 0.5) is 0 Å². The van der Waals surface area contributed by atoms with Crippen molar-refractivity contribution in [3.05, 3.63) is 18.0 Å². The minimum Gasteiger partial charge on any atom is -0.479 e. The van der Waals surface area contributed by atoms with E-state index in [0.717, 1.165) is 12.1 Å². The highest BCUT2D eigenvalue weighted by molar-refractivity contribution is 5.74. The van der Waals surface area contributed by atoms with E-state index >= 15 is 0 Å². The Morgan fingerprint density at radius 1 is 1.67 bits per heavy atom. The molecule has 0 amide bonds. The molecule has 0 saturated carbocycles. The van der Waals surface area contributed by atoms with E-state index in [0.29, 0.717) is 0 Å². The molecule has 1 aromatic heterocycles. The standard InChI is InChI=1S/C10H16N2O3/c1-4-12-6-7(5-11-12)10(2,3)8(13)9(14)15/h5-6,8,13H,4H2,1-3H3,(H,14,15). The molecule has 1 atom stereocenters. The zero-order chi connectivity index (χ0) is 11.6. The van der Waals surface area contributed by atoms with Crippen molar-refractivity contribution in [1.82, 2.24) is 9.78 Å². The number of aromatic nitrogens is 2. The number of carbonyl (C=O) groups is 1. The summed E-state index contributed by atoms with van der Waals surface area (Å²) in [6.07, 6.45) is 1.92. The lowest BCUT2D eigenvalue weighted by Crippen LogP contribution is -2.39. The second-order valence-corrected chi connectivity index (χ2v) is 4.05. The van der Waals surface area contributed by atoms with E-state index < -0.39 is 17.5 Å². The smallest absolute Gasteiger partial charge is 0.333 e. The molecule has 5 heteroatoms. The average Bonchev–Trinajstić information content (AvgIpc) is 2.65. The number of hydrogen-bond acceptors (Lipinski definition) is 3. The van der Waals surface area contributed by atoms with Crippen LogP contribution in [0.25, 0.3) is 0 Å². The SMILES string of the molecule is CCn1cc(C(C)(C)C(O)C(=O)O)cn1. The van der Waals surface area contributed by atoms with Gasteiger partial charge in [0.25, 0.3) is 0 Å². The van der Waals surface area contributed by atoms with Gasteiger partial charge in [0, 0.05) is 18.2 Å². The molecular weight excluding hydrogens is 196 g/mol. The summed E-state index contributed by atoms with van der Waals surface area (Å²) in [7, 11) is 0. The van der Waals surface area contributed by atoms with E-state index in [2.05, 4.69) is 5.10 Å². The normalized spacial score (nSPS) is 13.9. The topological polar surface area (TPSA) is 75.4 Å². The van der Waals surface area contributed by atoms with Crippen molar-refractivity contribution in [3.8, 4) is 0 Å². The summed E-state index contributed by atoms with van der Waals surface area (Å²) < 4.78 is 1.70. The fourth-order valence-electron chi connectivity index (χ4n) is 1.34. The van der Waals surface area contributed by atoms with Crippen LogP contribution in [0.2, 0.25) is 0 Å². The van der Waals surface area contributed by atoms with Gasteiger partial charge >= 0.3 is 5.97 Å². The Morgan fingerprint density at radius 2 is 2.27 bits per heavy atom. The number of aliphatic carboxylic acids is 1. The van der Waals surface area contributed by atoms with Crippen LogP contribution in [0.3, 0.4) is 0 Å². The number of aliphatic hydroxyl groups is 1. The fourth-order valence-corrected chi connectivity index (χ4v) is 1.34. The largest absolute Gasteiger partial charge is 0.479 e. The van der Waals surface area contributed by atoms with Crippen LogP contribution in [0, 0.1) is 0 Å². The van der Waals surface area contributed by atoms with Crippen LogP contribution in [0.15, 0.2) is 12.4 Å². The van der Waals surface area contributed by atoms with Crippen LogP contribution in [-0.4, -0.2) is 32.1 Å². The lowest BCUT2D eigenvalue weighted by molar-refractivity contribution is -0.150. The first-order valence-corrected chi connectivity index (χ1v) is 4.83. The van der Waals surface area contributed by atoms with Crippen LogP contribution >= 0.6 is 0 Å². The Labute approximate surface area is 88.3 Å². The second-order valence-electron chi connectivity index (χ2n) is 4.05. The lowest BCUT2D eigenvalue weighted by atomic mass is 9.81. The molecule has 0 aromatic carbocycles. The van der Waals surface area contributed by atoms with Gasteiger partial charge < -0.3 is 10.2 Å². The van der Waals surface area contributed by atoms with Crippen molar-refractivity contribution in [2.75, 3.05) is 0 Å². The Kier molecular flexibility index (Phi) is 3.14. The van der Waals surface area contributed by atoms with Crippen molar-refractivity contribution in [2.24, 2.45) is 0 Å². The van der Waals surface area contributed by atoms with E-state index in [9.17, 15) is 9.90 Å². The van der Waals surface area contributed by atoms with E-state index in [1.807, 2.05) is 6.92 Å². The molecule has 0 aliphatic carbocycles. The molecule has 0 aliphatic heterocycles. The number of nitrogens with zero attached hydrogens (tertiary/aromatic N) is 2. The maximum absolute atomic E-state index is 10.7. The molecule has 1 rings (SSSR count). The van der Waals surface area contributed by atoms with E-state index in [-0.39, 0.29) is 0 Å². The molecule has 0 saturated heterocycles. The monoisotopic (exact) mass is 212 g/mol. The number of aliphatic hydroxyl groups excluding tert-OH is 1. The zero-order valence-corrected chi connectivity index (χ0v) is 9.14.